The molecular weight excluding hydrogens is 276 g/mol. The van der Waals surface area contributed by atoms with Crippen LogP contribution in [0.25, 0.3) is 0 Å². The topological polar surface area (TPSA) is 70.5 Å². The summed E-state index contributed by atoms with van der Waals surface area (Å²) in [4.78, 5) is 4.09. The van der Waals surface area contributed by atoms with Crippen molar-refractivity contribution in [3.8, 4) is 11.8 Å². The second-order valence-corrected chi connectivity index (χ2v) is 6.12. The van der Waals surface area contributed by atoms with E-state index in [0.29, 0.717) is 25.1 Å². The Hall–Kier alpha value is -1.42. The highest BCUT2D eigenvalue weighted by molar-refractivity contribution is 7.89. The van der Waals surface area contributed by atoms with E-state index in [4.69, 9.17) is 5.11 Å². The van der Waals surface area contributed by atoms with Crippen molar-refractivity contribution in [2.75, 3.05) is 19.7 Å². The Labute approximate surface area is 120 Å². The molecular formula is C14H20N2O3S. The van der Waals surface area contributed by atoms with Gasteiger partial charge in [0.2, 0.25) is 10.0 Å². The SMILES string of the molecule is CCCN(CC)S(=O)(=O)c1cncc(C#CCCO)c1. The van der Waals surface area contributed by atoms with Crippen LogP contribution in [0.1, 0.15) is 32.3 Å². The lowest BCUT2D eigenvalue weighted by Gasteiger charge is -2.19. The van der Waals surface area contributed by atoms with Gasteiger partial charge in [0, 0.05) is 37.5 Å². The van der Waals surface area contributed by atoms with Gasteiger partial charge in [-0.1, -0.05) is 25.7 Å². The van der Waals surface area contributed by atoms with Gasteiger partial charge in [-0.3, -0.25) is 4.98 Å². The maximum atomic E-state index is 12.4. The van der Waals surface area contributed by atoms with Gasteiger partial charge in [-0.05, 0) is 12.5 Å². The summed E-state index contributed by atoms with van der Waals surface area (Å²) in [6.07, 6.45) is 3.97. The fraction of sp³-hybridized carbons (Fsp3) is 0.500. The Morgan fingerprint density at radius 3 is 2.70 bits per heavy atom. The quantitative estimate of drug-likeness (QED) is 0.802. The lowest BCUT2D eigenvalue weighted by atomic mass is 10.3. The molecule has 1 N–H and O–H groups in total. The predicted octanol–water partition coefficient (Wildman–Crippen LogP) is 1.24. The van der Waals surface area contributed by atoms with Crippen molar-refractivity contribution in [2.24, 2.45) is 0 Å². The Bertz CT molecular complexity index is 588. The number of aliphatic hydroxyl groups excluding tert-OH is 1. The van der Waals surface area contributed by atoms with Gasteiger partial charge in [-0.15, -0.1) is 0 Å². The maximum absolute atomic E-state index is 12.4. The molecule has 0 aromatic carbocycles. The maximum Gasteiger partial charge on any atom is 0.244 e. The van der Waals surface area contributed by atoms with Crippen LogP contribution in [-0.2, 0) is 10.0 Å². The van der Waals surface area contributed by atoms with E-state index in [-0.39, 0.29) is 11.5 Å². The van der Waals surface area contributed by atoms with Gasteiger partial charge in [-0.2, -0.15) is 4.31 Å². The Balaban J connectivity index is 3.07. The zero-order chi connectivity index (χ0) is 15.0. The summed E-state index contributed by atoms with van der Waals surface area (Å²) in [5, 5.41) is 8.67. The van der Waals surface area contributed by atoms with Crippen molar-refractivity contribution in [3.63, 3.8) is 0 Å². The summed E-state index contributed by atoms with van der Waals surface area (Å²) in [5.74, 6) is 5.54. The zero-order valence-corrected chi connectivity index (χ0v) is 12.7. The molecule has 0 aliphatic heterocycles. The number of aliphatic hydroxyl groups is 1. The van der Waals surface area contributed by atoms with Crippen LogP contribution in [0.4, 0.5) is 0 Å². The summed E-state index contributed by atoms with van der Waals surface area (Å²) in [6, 6.07) is 1.52. The van der Waals surface area contributed by atoms with E-state index < -0.39 is 10.0 Å². The molecule has 0 atom stereocenters. The summed E-state index contributed by atoms with van der Waals surface area (Å²) < 4.78 is 26.3. The van der Waals surface area contributed by atoms with E-state index in [1.807, 2.05) is 13.8 Å². The number of aromatic nitrogens is 1. The molecule has 1 rings (SSSR count). The monoisotopic (exact) mass is 296 g/mol. The number of nitrogens with zero attached hydrogens (tertiary/aromatic N) is 2. The third-order valence-electron chi connectivity index (χ3n) is 2.65. The highest BCUT2D eigenvalue weighted by Crippen LogP contribution is 2.15. The molecule has 5 nitrogen and oxygen atoms in total. The molecule has 0 spiro atoms. The summed E-state index contributed by atoms with van der Waals surface area (Å²) in [7, 11) is -3.51. The molecule has 6 heteroatoms. The molecule has 0 amide bonds. The molecule has 0 radical (unpaired) electrons. The third kappa shape index (κ3) is 4.30. The van der Waals surface area contributed by atoms with E-state index in [0.717, 1.165) is 6.42 Å². The smallest absolute Gasteiger partial charge is 0.244 e. The minimum Gasteiger partial charge on any atom is -0.395 e. The molecule has 1 aromatic rings. The fourth-order valence-corrected chi connectivity index (χ4v) is 3.23. The van der Waals surface area contributed by atoms with Crippen molar-refractivity contribution in [3.05, 3.63) is 24.0 Å². The van der Waals surface area contributed by atoms with Gasteiger partial charge in [0.05, 0.1) is 6.61 Å². The van der Waals surface area contributed by atoms with Gasteiger partial charge in [0.15, 0.2) is 0 Å². The van der Waals surface area contributed by atoms with E-state index in [9.17, 15) is 8.42 Å². The molecule has 0 bridgehead atoms. The van der Waals surface area contributed by atoms with Gasteiger partial charge < -0.3 is 5.11 Å². The van der Waals surface area contributed by atoms with Crippen molar-refractivity contribution in [2.45, 2.75) is 31.6 Å². The average molecular weight is 296 g/mol. The average Bonchev–Trinajstić information content (AvgIpc) is 2.45. The first-order valence-corrected chi connectivity index (χ1v) is 8.05. The highest BCUT2D eigenvalue weighted by atomic mass is 32.2. The number of sulfonamides is 1. The summed E-state index contributed by atoms with van der Waals surface area (Å²) in [5.41, 5.74) is 0.534. The standard InChI is InChI=1S/C14H20N2O3S/c1-3-8-16(4-2)20(18,19)14-10-13(11-15-12-14)7-5-6-9-17/h10-12,17H,3-4,6,8-9H2,1-2H3. The van der Waals surface area contributed by atoms with E-state index in [2.05, 4.69) is 16.8 Å². The number of rotatable bonds is 6. The fourth-order valence-electron chi connectivity index (χ4n) is 1.70. The van der Waals surface area contributed by atoms with Crippen LogP contribution < -0.4 is 0 Å². The minimum absolute atomic E-state index is 0.0153. The van der Waals surface area contributed by atoms with Crippen LogP contribution in [-0.4, -0.2) is 42.5 Å². The lowest BCUT2D eigenvalue weighted by molar-refractivity contribution is 0.305. The molecule has 0 saturated heterocycles. The lowest BCUT2D eigenvalue weighted by Crippen LogP contribution is -2.31. The predicted molar refractivity (Wildman–Crippen MR) is 77.5 cm³/mol. The molecule has 0 fully saturated rings. The Morgan fingerprint density at radius 2 is 2.10 bits per heavy atom. The van der Waals surface area contributed by atoms with Gasteiger partial charge in [0.1, 0.15) is 4.90 Å². The van der Waals surface area contributed by atoms with E-state index >= 15 is 0 Å². The summed E-state index contributed by atoms with van der Waals surface area (Å²) >= 11 is 0. The normalized spacial score (nSPS) is 11.2. The Kier molecular flexibility index (Phi) is 6.65. The first-order chi connectivity index (χ1) is 9.56. The first kappa shape index (κ1) is 16.6. The minimum atomic E-state index is -3.51. The number of hydrogen-bond acceptors (Lipinski definition) is 4. The molecule has 110 valence electrons. The Morgan fingerprint density at radius 1 is 1.35 bits per heavy atom. The zero-order valence-electron chi connectivity index (χ0n) is 11.8. The second kappa shape index (κ2) is 8.00. The molecule has 1 heterocycles. The molecule has 20 heavy (non-hydrogen) atoms. The van der Waals surface area contributed by atoms with Crippen LogP contribution in [0.3, 0.4) is 0 Å². The number of pyridine rings is 1. The van der Waals surface area contributed by atoms with Crippen molar-refractivity contribution in [1.82, 2.24) is 9.29 Å². The van der Waals surface area contributed by atoms with Crippen LogP contribution >= 0.6 is 0 Å². The molecule has 0 saturated carbocycles. The first-order valence-electron chi connectivity index (χ1n) is 6.61. The van der Waals surface area contributed by atoms with Crippen molar-refractivity contribution < 1.29 is 13.5 Å². The third-order valence-corrected chi connectivity index (χ3v) is 4.59. The van der Waals surface area contributed by atoms with Crippen LogP contribution in [0, 0.1) is 11.8 Å². The molecule has 0 aliphatic rings. The van der Waals surface area contributed by atoms with E-state index in [1.165, 1.54) is 22.8 Å². The van der Waals surface area contributed by atoms with Crippen molar-refractivity contribution in [1.29, 1.82) is 0 Å². The second-order valence-electron chi connectivity index (χ2n) is 4.18. The highest BCUT2D eigenvalue weighted by Gasteiger charge is 2.22. The molecule has 1 aromatic heterocycles. The van der Waals surface area contributed by atoms with Gasteiger partial charge >= 0.3 is 0 Å². The van der Waals surface area contributed by atoms with Crippen LogP contribution in [0.5, 0.6) is 0 Å². The summed E-state index contributed by atoms with van der Waals surface area (Å²) in [6.45, 7) is 4.65. The van der Waals surface area contributed by atoms with Crippen LogP contribution in [0.15, 0.2) is 23.4 Å². The van der Waals surface area contributed by atoms with E-state index in [1.54, 1.807) is 0 Å². The van der Waals surface area contributed by atoms with Crippen LogP contribution in [0.2, 0.25) is 0 Å². The number of hydrogen-bond donors (Lipinski definition) is 1. The van der Waals surface area contributed by atoms with Gasteiger partial charge in [-0.25, -0.2) is 8.42 Å². The molecule has 0 aliphatic carbocycles. The molecule has 0 unspecified atom stereocenters. The van der Waals surface area contributed by atoms with Gasteiger partial charge in [0.25, 0.3) is 0 Å². The largest absolute Gasteiger partial charge is 0.395 e. The van der Waals surface area contributed by atoms with Crippen molar-refractivity contribution >= 4 is 10.0 Å².